The van der Waals surface area contributed by atoms with E-state index in [1.54, 1.807) is 4.90 Å². The van der Waals surface area contributed by atoms with Crippen LogP contribution in [0.4, 0.5) is 14.9 Å². The molecule has 3 amide bonds. The van der Waals surface area contributed by atoms with Crippen LogP contribution < -0.4 is 15.4 Å². The number of hydrogen-bond acceptors (Lipinski definition) is 3. The molecule has 6 nitrogen and oxygen atoms in total. The van der Waals surface area contributed by atoms with Crippen LogP contribution in [0.15, 0.2) is 42.5 Å². The van der Waals surface area contributed by atoms with E-state index >= 15 is 0 Å². The van der Waals surface area contributed by atoms with Crippen molar-refractivity contribution in [3.63, 3.8) is 0 Å². The average molecular weight is 434 g/mol. The monoisotopic (exact) mass is 433 g/mol. The summed E-state index contributed by atoms with van der Waals surface area (Å²) in [6.07, 6.45) is 1.79. The van der Waals surface area contributed by atoms with Gasteiger partial charge in [-0.3, -0.25) is 4.79 Å². The summed E-state index contributed by atoms with van der Waals surface area (Å²) in [5.74, 6) is -0.165. The van der Waals surface area contributed by atoms with Gasteiger partial charge < -0.3 is 20.3 Å². The molecule has 2 aromatic rings. The Morgan fingerprint density at radius 2 is 2.00 bits per heavy atom. The molecule has 1 atom stereocenters. The lowest BCUT2D eigenvalue weighted by molar-refractivity contribution is -0.135. The lowest BCUT2D eigenvalue weighted by atomic mass is 9.98. The standard InChI is InChI=1S/C22H25ClFN3O3/c1-15-4-6-17(7-5-15)26-22(29)25-12-16-3-2-10-27(13-16)21(28)14-30-18-8-9-20(24)19(23)11-18/h4-9,11,16H,2-3,10,12-14H2,1H3,(H2,25,26,29). The molecule has 8 heteroatoms. The number of rotatable bonds is 6. The van der Waals surface area contributed by atoms with Crippen molar-refractivity contribution in [3.8, 4) is 5.75 Å². The van der Waals surface area contributed by atoms with E-state index in [1.807, 2.05) is 31.2 Å². The molecule has 0 spiro atoms. The van der Waals surface area contributed by atoms with Crippen LogP contribution in [-0.2, 0) is 4.79 Å². The van der Waals surface area contributed by atoms with Crippen LogP contribution in [0.2, 0.25) is 5.02 Å². The quantitative estimate of drug-likeness (QED) is 0.716. The minimum absolute atomic E-state index is 0.0482. The van der Waals surface area contributed by atoms with Crippen molar-refractivity contribution in [3.05, 3.63) is 58.9 Å². The van der Waals surface area contributed by atoms with Gasteiger partial charge in [-0.05, 0) is 49.9 Å². The number of amides is 3. The number of benzene rings is 2. The third kappa shape index (κ3) is 6.35. The fourth-order valence-corrected chi connectivity index (χ4v) is 3.48. The summed E-state index contributed by atoms with van der Waals surface area (Å²) in [5, 5.41) is 5.63. The minimum atomic E-state index is -0.534. The molecule has 1 unspecified atom stereocenters. The summed E-state index contributed by atoms with van der Waals surface area (Å²) in [7, 11) is 0. The molecule has 30 heavy (non-hydrogen) atoms. The van der Waals surface area contributed by atoms with Crippen molar-refractivity contribution in [2.24, 2.45) is 5.92 Å². The van der Waals surface area contributed by atoms with Crippen molar-refractivity contribution >= 4 is 29.2 Å². The number of aryl methyl sites for hydroxylation is 1. The number of anilines is 1. The highest BCUT2D eigenvalue weighted by Crippen LogP contribution is 2.21. The van der Waals surface area contributed by atoms with Gasteiger partial charge in [0.05, 0.1) is 5.02 Å². The number of halogens is 2. The lowest BCUT2D eigenvalue weighted by Crippen LogP contribution is -2.45. The number of nitrogens with one attached hydrogen (secondary N) is 2. The van der Waals surface area contributed by atoms with E-state index in [-0.39, 0.29) is 29.5 Å². The van der Waals surface area contributed by atoms with Gasteiger partial charge in [0.25, 0.3) is 5.91 Å². The first-order valence-electron chi connectivity index (χ1n) is 9.88. The summed E-state index contributed by atoms with van der Waals surface area (Å²) in [6, 6.07) is 11.3. The first kappa shape index (κ1) is 21.9. The second kappa shape index (κ2) is 10.3. The molecule has 1 aliphatic heterocycles. The molecule has 3 rings (SSSR count). The second-order valence-corrected chi connectivity index (χ2v) is 7.82. The number of ether oxygens (including phenoxy) is 1. The van der Waals surface area contributed by atoms with Crippen LogP contribution in [0.25, 0.3) is 0 Å². The highest BCUT2D eigenvalue weighted by molar-refractivity contribution is 6.30. The Bertz CT molecular complexity index is 892. The predicted octanol–water partition coefficient (Wildman–Crippen LogP) is 4.23. The summed E-state index contributed by atoms with van der Waals surface area (Å²) < 4.78 is 18.6. The Balaban J connectivity index is 1.42. The zero-order valence-corrected chi connectivity index (χ0v) is 17.5. The van der Waals surface area contributed by atoms with E-state index < -0.39 is 5.82 Å². The Morgan fingerprint density at radius 3 is 2.73 bits per heavy atom. The topological polar surface area (TPSA) is 70.7 Å². The van der Waals surface area contributed by atoms with Crippen LogP contribution in [0.5, 0.6) is 5.75 Å². The van der Waals surface area contributed by atoms with Crippen molar-refractivity contribution in [2.45, 2.75) is 19.8 Å². The molecule has 2 aromatic carbocycles. The Kier molecular flexibility index (Phi) is 7.52. The molecule has 2 N–H and O–H groups in total. The minimum Gasteiger partial charge on any atom is -0.484 e. The molecule has 160 valence electrons. The number of nitrogens with zero attached hydrogens (tertiary/aromatic N) is 1. The molecule has 0 aliphatic carbocycles. The van der Waals surface area contributed by atoms with Gasteiger partial charge in [0.1, 0.15) is 11.6 Å². The fraction of sp³-hybridized carbons (Fsp3) is 0.364. The van der Waals surface area contributed by atoms with E-state index in [4.69, 9.17) is 16.3 Å². The van der Waals surface area contributed by atoms with Gasteiger partial charge >= 0.3 is 6.03 Å². The highest BCUT2D eigenvalue weighted by Gasteiger charge is 2.24. The van der Waals surface area contributed by atoms with Crippen molar-refractivity contribution in [1.29, 1.82) is 0 Å². The first-order chi connectivity index (χ1) is 14.4. The van der Waals surface area contributed by atoms with Crippen molar-refractivity contribution in [2.75, 3.05) is 31.6 Å². The molecule has 0 bridgehead atoms. The van der Waals surface area contributed by atoms with Gasteiger partial charge in [0.15, 0.2) is 6.61 Å². The van der Waals surface area contributed by atoms with E-state index in [9.17, 15) is 14.0 Å². The van der Waals surface area contributed by atoms with Crippen molar-refractivity contribution < 1.29 is 18.7 Å². The normalized spacial score (nSPS) is 16.1. The number of urea groups is 1. The number of carbonyl (C=O) groups is 2. The molecular weight excluding hydrogens is 409 g/mol. The highest BCUT2D eigenvalue weighted by atomic mass is 35.5. The summed E-state index contributed by atoms with van der Waals surface area (Å²) >= 11 is 5.73. The maximum Gasteiger partial charge on any atom is 0.319 e. The largest absolute Gasteiger partial charge is 0.484 e. The summed E-state index contributed by atoms with van der Waals surface area (Å²) in [5.41, 5.74) is 1.86. The SMILES string of the molecule is Cc1ccc(NC(=O)NCC2CCCN(C(=O)COc3ccc(F)c(Cl)c3)C2)cc1. The Morgan fingerprint density at radius 1 is 1.23 bits per heavy atom. The molecule has 1 fully saturated rings. The summed E-state index contributed by atoms with van der Waals surface area (Å²) in [6.45, 7) is 3.53. The zero-order chi connectivity index (χ0) is 21.5. The van der Waals surface area contributed by atoms with Gasteiger partial charge in [-0.2, -0.15) is 0 Å². The van der Waals surface area contributed by atoms with Gasteiger partial charge in [-0.25, -0.2) is 9.18 Å². The molecule has 0 aromatic heterocycles. The first-order valence-corrected chi connectivity index (χ1v) is 10.3. The molecule has 1 heterocycles. The molecular formula is C22H25ClFN3O3. The van der Waals surface area contributed by atoms with Gasteiger partial charge in [-0.1, -0.05) is 29.3 Å². The lowest BCUT2D eigenvalue weighted by Gasteiger charge is -2.32. The number of piperidine rings is 1. The molecule has 0 radical (unpaired) electrons. The zero-order valence-electron chi connectivity index (χ0n) is 16.8. The second-order valence-electron chi connectivity index (χ2n) is 7.41. The predicted molar refractivity (Wildman–Crippen MR) is 114 cm³/mol. The van der Waals surface area contributed by atoms with Crippen LogP contribution in [0.3, 0.4) is 0 Å². The summed E-state index contributed by atoms with van der Waals surface area (Å²) in [4.78, 5) is 26.3. The molecule has 0 saturated carbocycles. The maximum absolute atomic E-state index is 13.2. The van der Waals surface area contributed by atoms with E-state index in [0.29, 0.717) is 25.4 Å². The van der Waals surface area contributed by atoms with Gasteiger partial charge in [-0.15, -0.1) is 0 Å². The Hall–Kier alpha value is -2.80. The van der Waals surface area contributed by atoms with Crippen molar-refractivity contribution in [1.82, 2.24) is 10.2 Å². The Labute approximate surface area is 180 Å². The number of hydrogen-bond donors (Lipinski definition) is 2. The van der Waals surface area contributed by atoms with Crippen LogP contribution in [0, 0.1) is 18.7 Å². The average Bonchev–Trinajstić information content (AvgIpc) is 2.75. The smallest absolute Gasteiger partial charge is 0.319 e. The number of carbonyl (C=O) groups excluding carboxylic acids is 2. The molecule has 1 aliphatic rings. The van der Waals surface area contributed by atoms with Gasteiger partial charge in [0, 0.05) is 31.4 Å². The fourth-order valence-electron chi connectivity index (χ4n) is 3.31. The third-order valence-corrected chi connectivity index (χ3v) is 5.28. The van der Waals surface area contributed by atoms with Crippen LogP contribution in [-0.4, -0.2) is 43.1 Å². The van der Waals surface area contributed by atoms with Gasteiger partial charge in [0.2, 0.25) is 0 Å². The van der Waals surface area contributed by atoms with E-state index in [0.717, 1.165) is 24.1 Å². The van der Waals surface area contributed by atoms with Crippen LogP contribution >= 0.6 is 11.6 Å². The third-order valence-electron chi connectivity index (χ3n) is 4.99. The van der Waals surface area contributed by atoms with Crippen LogP contribution in [0.1, 0.15) is 18.4 Å². The maximum atomic E-state index is 13.2. The number of likely N-dealkylation sites (tertiary alicyclic amines) is 1. The van der Waals surface area contributed by atoms with E-state index in [1.165, 1.54) is 18.2 Å². The van der Waals surface area contributed by atoms with E-state index in [2.05, 4.69) is 10.6 Å². The molecule has 1 saturated heterocycles.